The predicted molar refractivity (Wildman–Crippen MR) is 94.5 cm³/mol. The molecule has 0 amide bonds. The third kappa shape index (κ3) is 3.05. The molecule has 22 heavy (non-hydrogen) atoms. The molecule has 0 saturated carbocycles. The van der Waals surface area contributed by atoms with Crippen LogP contribution in [0.4, 0.5) is 0 Å². The maximum absolute atomic E-state index is 12.0. The predicted octanol–water partition coefficient (Wildman–Crippen LogP) is 2.17. The van der Waals surface area contributed by atoms with E-state index in [9.17, 15) is 4.79 Å². The summed E-state index contributed by atoms with van der Waals surface area (Å²) in [6, 6.07) is 8.30. The highest BCUT2D eigenvalue weighted by Crippen LogP contribution is 2.16. The van der Waals surface area contributed by atoms with Crippen LogP contribution in [0, 0.1) is 0 Å². The number of thiocarbonyl (C=S) groups is 1. The molecule has 1 N–H and O–H groups in total. The van der Waals surface area contributed by atoms with Crippen LogP contribution in [0.1, 0.15) is 18.1 Å². The molecule has 1 saturated heterocycles. The van der Waals surface area contributed by atoms with Crippen molar-refractivity contribution in [2.75, 3.05) is 26.7 Å². The Kier molecular flexibility index (Phi) is 4.27. The molecule has 4 nitrogen and oxygen atoms in total. The summed E-state index contributed by atoms with van der Waals surface area (Å²) in [6.45, 7) is 5.68. The Bertz CT molecular complexity index is 768. The van der Waals surface area contributed by atoms with Crippen LogP contribution >= 0.6 is 12.2 Å². The van der Waals surface area contributed by atoms with Crippen molar-refractivity contribution in [3.05, 3.63) is 45.7 Å². The molecule has 0 spiro atoms. The molecule has 2 heterocycles. The van der Waals surface area contributed by atoms with Gasteiger partial charge in [-0.15, -0.1) is 0 Å². The normalized spacial score (nSPS) is 16.5. The highest BCUT2D eigenvalue weighted by Gasteiger charge is 2.18. The fourth-order valence-electron chi connectivity index (χ4n) is 2.85. The van der Waals surface area contributed by atoms with E-state index in [1.807, 2.05) is 20.0 Å². The summed E-state index contributed by atoms with van der Waals surface area (Å²) in [5.41, 5.74) is 2.98. The highest BCUT2D eigenvalue weighted by molar-refractivity contribution is 7.80. The van der Waals surface area contributed by atoms with E-state index in [0.717, 1.165) is 54.1 Å². The Hall–Kier alpha value is -1.72. The largest absolute Gasteiger partial charge is 0.367 e. The Labute approximate surface area is 135 Å². The average Bonchev–Trinajstić information content (AvgIpc) is 2.50. The number of H-pyrrole nitrogens is 1. The van der Waals surface area contributed by atoms with E-state index >= 15 is 0 Å². The first-order valence-electron chi connectivity index (χ1n) is 7.68. The lowest BCUT2D eigenvalue weighted by Crippen LogP contribution is -2.47. The van der Waals surface area contributed by atoms with E-state index in [1.54, 1.807) is 0 Å². The third-order valence-corrected chi connectivity index (χ3v) is 4.75. The molecule has 0 aliphatic carbocycles. The van der Waals surface area contributed by atoms with E-state index in [1.165, 1.54) is 5.56 Å². The minimum absolute atomic E-state index is 0.0212. The first kappa shape index (κ1) is 15.2. The monoisotopic (exact) mass is 315 g/mol. The summed E-state index contributed by atoms with van der Waals surface area (Å²) in [7, 11) is 2.05. The molecular weight excluding hydrogens is 294 g/mol. The van der Waals surface area contributed by atoms with Gasteiger partial charge in [0.25, 0.3) is 5.56 Å². The van der Waals surface area contributed by atoms with Crippen LogP contribution in [-0.4, -0.2) is 46.5 Å². The number of aromatic amines is 1. The van der Waals surface area contributed by atoms with Gasteiger partial charge in [-0.3, -0.25) is 9.69 Å². The van der Waals surface area contributed by atoms with E-state index in [-0.39, 0.29) is 5.56 Å². The number of fused-ring (bicyclic) bond motifs is 1. The van der Waals surface area contributed by atoms with Crippen molar-refractivity contribution in [3.63, 3.8) is 0 Å². The molecule has 5 heteroatoms. The summed E-state index contributed by atoms with van der Waals surface area (Å²) < 4.78 is 0. The van der Waals surface area contributed by atoms with E-state index in [2.05, 4.69) is 33.0 Å². The highest BCUT2D eigenvalue weighted by atomic mass is 32.1. The van der Waals surface area contributed by atoms with Gasteiger partial charge in [-0.1, -0.05) is 31.3 Å². The lowest BCUT2D eigenvalue weighted by molar-refractivity contribution is 0.243. The van der Waals surface area contributed by atoms with Crippen LogP contribution in [0.25, 0.3) is 10.9 Å². The number of hydrogen-bond donors (Lipinski definition) is 1. The van der Waals surface area contributed by atoms with Gasteiger partial charge in [0.15, 0.2) is 0 Å². The van der Waals surface area contributed by atoms with Gasteiger partial charge in [-0.05, 0) is 29.5 Å². The molecule has 2 aromatic rings. The van der Waals surface area contributed by atoms with Crippen LogP contribution in [0.2, 0.25) is 0 Å². The Morgan fingerprint density at radius 2 is 2.09 bits per heavy atom. The molecule has 116 valence electrons. The quantitative estimate of drug-likeness (QED) is 0.881. The zero-order valence-electron chi connectivity index (χ0n) is 13.1. The Morgan fingerprint density at radius 3 is 2.82 bits per heavy atom. The first-order chi connectivity index (χ1) is 10.6. The van der Waals surface area contributed by atoms with Gasteiger partial charge >= 0.3 is 0 Å². The van der Waals surface area contributed by atoms with Crippen molar-refractivity contribution in [2.24, 2.45) is 0 Å². The maximum atomic E-state index is 12.0. The molecule has 0 atom stereocenters. The molecule has 1 aromatic carbocycles. The van der Waals surface area contributed by atoms with Crippen molar-refractivity contribution in [3.8, 4) is 0 Å². The van der Waals surface area contributed by atoms with Crippen molar-refractivity contribution in [1.29, 1.82) is 0 Å². The number of nitrogens with zero attached hydrogens (tertiary/aromatic N) is 2. The molecule has 1 aromatic heterocycles. The smallest absolute Gasteiger partial charge is 0.251 e. The Morgan fingerprint density at radius 1 is 1.27 bits per heavy atom. The van der Waals surface area contributed by atoms with Crippen molar-refractivity contribution >= 4 is 28.1 Å². The van der Waals surface area contributed by atoms with Crippen LogP contribution < -0.4 is 5.56 Å². The molecule has 1 aliphatic heterocycles. The van der Waals surface area contributed by atoms with Gasteiger partial charge in [0.05, 0.1) is 4.99 Å². The van der Waals surface area contributed by atoms with Crippen LogP contribution in [0.5, 0.6) is 0 Å². The number of nitrogens with one attached hydrogen (secondary N) is 1. The lowest BCUT2D eigenvalue weighted by Gasteiger charge is -2.34. The van der Waals surface area contributed by atoms with Crippen molar-refractivity contribution in [1.82, 2.24) is 14.8 Å². The minimum Gasteiger partial charge on any atom is -0.367 e. The second-order valence-electron chi connectivity index (χ2n) is 5.92. The summed E-state index contributed by atoms with van der Waals surface area (Å²) in [6.07, 6.45) is 0.756. The summed E-state index contributed by atoms with van der Waals surface area (Å²) in [4.78, 5) is 20.4. The third-order valence-electron chi connectivity index (χ3n) is 4.31. The number of rotatable bonds is 3. The van der Waals surface area contributed by atoms with Gasteiger partial charge in [0.1, 0.15) is 0 Å². The van der Waals surface area contributed by atoms with Crippen molar-refractivity contribution < 1.29 is 0 Å². The number of hydrogen-bond acceptors (Lipinski definition) is 3. The molecule has 0 unspecified atom stereocenters. The van der Waals surface area contributed by atoms with Gasteiger partial charge in [0, 0.05) is 44.3 Å². The summed E-state index contributed by atoms with van der Waals surface area (Å²) in [5, 5.41) is 1.09. The average molecular weight is 315 g/mol. The standard InChI is InChI=1S/C17H21N3OS/c1-3-13-9-14-5-4-12(8-15(14)18-17(13)21)10-20-7-6-19(2)16(22)11-20/h4-5,8-9H,3,6-7,10-11H2,1-2H3,(H,18,21). The fraction of sp³-hybridized carbons (Fsp3) is 0.412. The molecule has 0 bridgehead atoms. The topological polar surface area (TPSA) is 39.3 Å². The summed E-state index contributed by atoms with van der Waals surface area (Å²) in [5.74, 6) is 0. The number of aryl methyl sites for hydroxylation is 1. The van der Waals surface area contributed by atoms with Crippen LogP contribution in [0.15, 0.2) is 29.1 Å². The molecule has 0 radical (unpaired) electrons. The fourth-order valence-corrected chi connectivity index (χ4v) is 3.13. The number of aromatic nitrogens is 1. The number of pyridine rings is 1. The van der Waals surface area contributed by atoms with Crippen molar-refractivity contribution in [2.45, 2.75) is 19.9 Å². The SMILES string of the molecule is CCc1cc2ccc(CN3CCN(C)C(=S)C3)cc2[nH]c1=O. The summed E-state index contributed by atoms with van der Waals surface area (Å²) >= 11 is 5.38. The minimum atomic E-state index is 0.0212. The van der Waals surface area contributed by atoms with E-state index in [0.29, 0.717) is 0 Å². The first-order valence-corrected chi connectivity index (χ1v) is 8.09. The van der Waals surface area contributed by atoms with E-state index in [4.69, 9.17) is 12.2 Å². The number of likely N-dealkylation sites (N-methyl/N-ethyl adjacent to an activating group) is 1. The van der Waals surface area contributed by atoms with E-state index < -0.39 is 0 Å². The second kappa shape index (κ2) is 6.18. The van der Waals surface area contributed by atoms with Gasteiger partial charge in [0.2, 0.25) is 0 Å². The van der Waals surface area contributed by atoms with Gasteiger partial charge in [-0.2, -0.15) is 0 Å². The second-order valence-corrected chi connectivity index (χ2v) is 6.40. The van der Waals surface area contributed by atoms with Crippen LogP contribution in [-0.2, 0) is 13.0 Å². The molecule has 1 fully saturated rings. The Balaban J connectivity index is 1.83. The van der Waals surface area contributed by atoms with Gasteiger partial charge in [-0.25, -0.2) is 0 Å². The maximum Gasteiger partial charge on any atom is 0.251 e. The zero-order chi connectivity index (χ0) is 15.7. The number of benzene rings is 1. The number of piperazine rings is 1. The molecule has 3 rings (SSSR count). The van der Waals surface area contributed by atoms with Gasteiger partial charge < -0.3 is 9.88 Å². The zero-order valence-corrected chi connectivity index (χ0v) is 13.9. The van der Waals surface area contributed by atoms with Crippen LogP contribution in [0.3, 0.4) is 0 Å². The lowest BCUT2D eigenvalue weighted by atomic mass is 10.1. The molecule has 1 aliphatic rings. The molecular formula is C17H21N3OS.